The maximum atomic E-state index is 5.63. The maximum absolute atomic E-state index is 5.63. The molecule has 0 unspecified atom stereocenters. The average molecular weight is 329 g/mol. The van der Waals surface area contributed by atoms with E-state index in [2.05, 4.69) is 18.3 Å². The van der Waals surface area contributed by atoms with E-state index in [9.17, 15) is 0 Å². The molecule has 24 heavy (non-hydrogen) atoms. The van der Waals surface area contributed by atoms with Gasteiger partial charge in [-0.15, -0.1) is 0 Å². The molecule has 1 aliphatic heterocycles. The first-order chi connectivity index (χ1) is 11.7. The van der Waals surface area contributed by atoms with Crippen molar-refractivity contribution in [2.24, 2.45) is 0 Å². The van der Waals surface area contributed by atoms with E-state index in [-0.39, 0.29) is 6.04 Å². The van der Waals surface area contributed by atoms with Crippen molar-refractivity contribution in [3.8, 4) is 23.0 Å². The lowest BCUT2D eigenvalue weighted by Gasteiger charge is -2.20. The normalized spacial score (nSPS) is 14.1. The van der Waals surface area contributed by atoms with Crippen LogP contribution in [0.15, 0.2) is 36.4 Å². The summed E-state index contributed by atoms with van der Waals surface area (Å²) in [5, 5.41) is 3.52. The number of benzene rings is 2. The number of ether oxygens (including phenoxy) is 4. The second-order valence-corrected chi connectivity index (χ2v) is 5.69. The van der Waals surface area contributed by atoms with Gasteiger partial charge in [-0.25, -0.2) is 0 Å². The van der Waals surface area contributed by atoms with E-state index in [0.717, 1.165) is 40.7 Å². The van der Waals surface area contributed by atoms with Crippen LogP contribution in [0.2, 0.25) is 0 Å². The van der Waals surface area contributed by atoms with Crippen LogP contribution >= 0.6 is 0 Å². The molecule has 128 valence electrons. The van der Waals surface area contributed by atoms with E-state index in [1.807, 2.05) is 30.3 Å². The molecule has 1 aliphatic rings. The first-order valence-electron chi connectivity index (χ1n) is 8.05. The van der Waals surface area contributed by atoms with Gasteiger partial charge in [-0.1, -0.05) is 12.1 Å². The van der Waals surface area contributed by atoms with E-state index in [1.165, 1.54) is 0 Å². The predicted molar refractivity (Wildman–Crippen MR) is 92.2 cm³/mol. The van der Waals surface area contributed by atoms with Gasteiger partial charge in [-0.2, -0.15) is 0 Å². The lowest BCUT2D eigenvalue weighted by atomic mass is 10.1. The van der Waals surface area contributed by atoms with Crippen LogP contribution in [0.4, 0.5) is 0 Å². The summed E-state index contributed by atoms with van der Waals surface area (Å²) >= 11 is 0. The van der Waals surface area contributed by atoms with Crippen LogP contribution < -0.4 is 24.3 Å². The van der Waals surface area contributed by atoms with Gasteiger partial charge >= 0.3 is 0 Å². The number of hydrogen-bond donors (Lipinski definition) is 1. The molecular formula is C19H23NO4. The molecule has 0 saturated heterocycles. The molecule has 2 aromatic carbocycles. The minimum absolute atomic E-state index is 0.138. The summed E-state index contributed by atoms with van der Waals surface area (Å²) in [4.78, 5) is 0. The van der Waals surface area contributed by atoms with Crippen molar-refractivity contribution in [1.82, 2.24) is 5.32 Å². The lowest BCUT2D eigenvalue weighted by Crippen LogP contribution is -2.19. The van der Waals surface area contributed by atoms with Crippen LogP contribution in [0.5, 0.6) is 23.0 Å². The Balaban J connectivity index is 1.68. The van der Waals surface area contributed by atoms with Crippen molar-refractivity contribution in [3.05, 3.63) is 47.5 Å². The van der Waals surface area contributed by atoms with E-state index < -0.39 is 0 Å². The van der Waals surface area contributed by atoms with Crippen LogP contribution in [-0.4, -0.2) is 27.4 Å². The molecule has 0 fully saturated rings. The molecular weight excluding hydrogens is 306 g/mol. The third-order valence-electron chi connectivity index (χ3n) is 4.13. The second kappa shape index (κ2) is 7.45. The highest BCUT2D eigenvalue weighted by Gasteiger charge is 2.14. The maximum Gasteiger partial charge on any atom is 0.161 e. The predicted octanol–water partition coefficient (Wildman–Crippen LogP) is 3.33. The van der Waals surface area contributed by atoms with Gasteiger partial charge in [0.2, 0.25) is 0 Å². The number of nitrogens with one attached hydrogen (secondary N) is 1. The monoisotopic (exact) mass is 329 g/mol. The summed E-state index contributed by atoms with van der Waals surface area (Å²) in [7, 11) is 3.32. The third-order valence-corrected chi connectivity index (χ3v) is 4.13. The Bertz CT molecular complexity index is 702. The van der Waals surface area contributed by atoms with Gasteiger partial charge in [0.05, 0.1) is 14.2 Å². The minimum atomic E-state index is 0.138. The molecule has 0 bridgehead atoms. The van der Waals surface area contributed by atoms with Crippen LogP contribution in [0.1, 0.15) is 24.1 Å². The Kier molecular flexibility index (Phi) is 5.11. The highest BCUT2D eigenvalue weighted by atomic mass is 16.6. The summed E-state index contributed by atoms with van der Waals surface area (Å²) in [5.74, 6) is 3.23. The molecule has 1 atom stereocenters. The summed E-state index contributed by atoms with van der Waals surface area (Å²) < 4.78 is 21.9. The number of rotatable bonds is 6. The van der Waals surface area contributed by atoms with E-state index in [0.29, 0.717) is 13.2 Å². The second-order valence-electron chi connectivity index (χ2n) is 5.69. The van der Waals surface area contributed by atoms with Crippen LogP contribution in [-0.2, 0) is 6.54 Å². The van der Waals surface area contributed by atoms with Gasteiger partial charge in [0.1, 0.15) is 24.7 Å². The highest BCUT2D eigenvalue weighted by molar-refractivity contribution is 5.44. The quantitative estimate of drug-likeness (QED) is 0.881. The zero-order valence-electron chi connectivity index (χ0n) is 14.3. The summed E-state index contributed by atoms with van der Waals surface area (Å²) in [6.07, 6.45) is 0. The molecule has 2 aromatic rings. The average Bonchev–Trinajstić information content (AvgIpc) is 2.65. The Morgan fingerprint density at radius 3 is 2.54 bits per heavy atom. The first-order valence-corrected chi connectivity index (χ1v) is 8.05. The SMILES string of the molecule is COc1ccc([C@@H](C)NCc2ccc3c(c2)OCCO3)c(OC)c1. The van der Waals surface area contributed by atoms with Gasteiger partial charge in [0.25, 0.3) is 0 Å². The highest BCUT2D eigenvalue weighted by Crippen LogP contribution is 2.32. The lowest BCUT2D eigenvalue weighted by molar-refractivity contribution is 0.171. The first kappa shape index (κ1) is 16.5. The largest absolute Gasteiger partial charge is 0.497 e. The standard InChI is InChI=1S/C19H23NO4/c1-13(16-6-5-15(21-2)11-18(16)22-3)20-12-14-4-7-17-19(10-14)24-9-8-23-17/h4-7,10-11,13,20H,8-9,12H2,1-3H3/t13-/m1/s1. The third kappa shape index (κ3) is 3.57. The summed E-state index contributed by atoms with van der Waals surface area (Å²) in [6.45, 7) is 4.05. The molecule has 5 nitrogen and oxygen atoms in total. The van der Waals surface area contributed by atoms with Crippen molar-refractivity contribution in [2.75, 3.05) is 27.4 Å². The Morgan fingerprint density at radius 2 is 1.79 bits per heavy atom. The van der Waals surface area contributed by atoms with Gasteiger partial charge in [-0.05, 0) is 30.7 Å². The van der Waals surface area contributed by atoms with E-state index >= 15 is 0 Å². The number of hydrogen-bond acceptors (Lipinski definition) is 5. The van der Waals surface area contributed by atoms with Gasteiger partial charge < -0.3 is 24.3 Å². The van der Waals surface area contributed by atoms with E-state index in [1.54, 1.807) is 14.2 Å². The molecule has 0 radical (unpaired) electrons. The molecule has 1 N–H and O–H groups in total. The molecule has 0 aromatic heterocycles. The minimum Gasteiger partial charge on any atom is -0.497 e. The molecule has 3 rings (SSSR count). The number of methoxy groups -OCH3 is 2. The fraction of sp³-hybridized carbons (Fsp3) is 0.368. The molecule has 0 saturated carbocycles. The summed E-state index contributed by atoms with van der Waals surface area (Å²) in [6, 6.07) is 12.1. The Labute approximate surface area is 142 Å². The van der Waals surface area contributed by atoms with E-state index in [4.69, 9.17) is 18.9 Å². The molecule has 5 heteroatoms. The van der Waals surface area contributed by atoms with Gasteiger partial charge in [0, 0.05) is 24.2 Å². The van der Waals surface area contributed by atoms with Crippen molar-refractivity contribution < 1.29 is 18.9 Å². The molecule has 0 spiro atoms. The zero-order valence-corrected chi connectivity index (χ0v) is 14.3. The van der Waals surface area contributed by atoms with Crippen LogP contribution in [0.3, 0.4) is 0 Å². The summed E-state index contributed by atoms with van der Waals surface area (Å²) in [5.41, 5.74) is 2.24. The topological polar surface area (TPSA) is 49.0 Å². The smallest absolute Gasteiger partial charge is 0.161 e. The number of fused-ring (bicyclic) bond motifs is 1. The van der Waals surface area contributed by atoms with Gasteiger partial charge in [0.15, 0.2) is 11.5 Å². The van der Waals surface area contributed by atoms with Crippen LogP contribution in [0, 0.1) is 0 Å². The Hall–Kier alpha value is -2.40. The van der Waals surface area contributed by atoms with Crippen LogP contribution in [0.25, 0.3) is 0 Å². The molecule has 0 aliphatic carbocycles. The van der Waals surface area contributed by atoms with Crippen molar-refractivity contribution in [3.63, 3.8) is 0 Å². The van der Waals surface area contributed by atoms with Crippen molar-refractivity contribution in [2.45, 2.75) is 19.5 Å². The zero-order chi connectivity index (χ0) is 16.9. The molecule has 0 amide bonds. The van der Waals surface area contributed by atoms with Gasteiger partial charge in [-0.3, -0.25) is 0 Å². The fourth-order valence-corrected chi connectivity index (χ4v) is 2.75. The fourth-order valence-electron chi connectivity index (χ4n) is 2.75. The van der Waals surface area contributed by atoms with Crippen molar-refractivity contribution >= 4 is 0 Å². The Morgan fingerprint density at radius 1 is 1.00 bits per heavy atom. The molecule has 1 heterocycles. The van der Waals surface area contributed by atoms with Crippen molar-refractivity contribution in [1.29, 1.82) is 0 Å².